The maximum atomic E-state index is 5.90. The summed E-state index contributed by atoms with van der Waals surface area (Å²) in [6.07, 6.45) is 0. The lowest BCUT2D eigenvalue weighted by Crippen LogP contribution is -2.12. The van der Waals surface area contributed by atoms with Crippen molar-refractivity contribution in [1.82, 2.24) is 0 Å². The fourth-order valence-electron chi connectivity index (χ4n) is 1.51. The zero-order valence-corrected chi connectivity index (χ0v) is 10.0. The molecule has 0 aliphatic rings. The van der Waals surface area contributed by atoms with Gasteiger partial charge in [0.15, 0.2) is 0 Å². The van der Waals surface area contributed by atoms with E-state index in [1.54, 1.807) is 14.2 Å². The van der Waals surface area contributed by atoms with E-state index in [-0.39, 0.29) is 6.04 Å². The van der Waals surface area contributed by atoms with Crippen LogP contribution in [0.5, 0.6) is 11.5 Å². The van der Waals surface area contributed by atoms with Crippen molar-refractivity contribution in [3.63, 3.8) is 0 Å². The first-order chi connectivity index (χ1) is 7.70. The van der Waals surface area contributed by atoms with Crippen LogP contribution in [0.1, 0.15) is 18.5 Å². The molecule has 0 unspecified atom stereocenters. The number of ether oxygens (including phenoxy) is 3. The standard InChI is InChI=1S/C12H19NO3/c1-9(13)12-10(15-3)5-4-6-11(12)16-8-7-14-2/h4-6,9H,7-8,13H2,1-3H3/t9-/m0/s1. The molecule has 4 nitrogen and oxygen atoms in total. The molecule has 4 heteroatoms. The predicted octanol–water partition coefficient (Wildman–Crippen LogP) is 1.74. The van der Waals surface area contributed by atoms with Gasteiger partial charge in [0.2, 0.25) is 0 Å². The molecular formula is C12H19NO3. The zero-order valence-electron chi connectivity index (χ0n) is 10.0. The van der Waals surface area contributed by atoms with Crippen molar-refractivity contribution >= 4 is 0 Å². The first kappa shape index (κ1) is 12.8. The van der Waals surface area contributed by atoms with Crippen LogP contribution in [0.4, 0.5) is 0 Å². The summed E-state index contributed by atoms with van der Waals surface area (Å²) in [5.74, 6) is 1.51. The van der Waals surface area contributed by atoms with Gasteiger partial charge in [-0.25, -0.2) is 0 Å². The Labute approximate surface area is 96.3 Å². The molecule has 0 saturated heterocycles. The third-order valence-corrected chi connectivity index (χ3v) is 2.25. The van der Waals surface area contributed by atoms with Gasteiger partial charge in [0.1, 0.15) is 18.1 Å². The van der Waals surface area contributed by atoms with Crippen molar-refractivity contribution in [3.05, 3.63) is 23.8 Å². The van der Waals surface area contributed by atoms with Crippen LogP contribution in [0, 0.1) is 0 Å². The van der Waals surface area contributed by atoms with Crippen molar-refractivity contribution in [2.45, 2.75) is 13.0 Å². The molecule has 0 aliphatic carbocycles. The topological polar surface area (TPSA) is 53.7 Å². The van der Waals surface area contributed by atoms with Crippen LogP contribution in [0.15, 0.2) is 18.2 Å². The van der Waals surface area contributed by atoms with Gasteiger partial charge in [-0.1, -0.05) is 6.07 Å². The van der Waals surface area contributed by atoms with Gasteiger partial charge in [-0.2, -0.15) is 0 Å². The van der Waals surface area contributed by atoms with Gasteiger partial charge in [0, 0.05) is 13.2 Å². The molecule has 0 saturated carbocycles. The van der Waals surface area contributed by atoms with Gasteiger partial charge in [0.05, 0.1) is 19.3 Å². The molecular weight excluding hydrogens is 206 g/mol. The molecule has 1 atom stereocenters. The lowest BCUT2D eigenvalue weighted by molar-refractivity contribution is 0.145. The van der Waals surface area contributed by atoms with Gasteiger partial charge in [-0.3, -0.25) is 0 Å². The number of benzene rings is 1. The van der Waals surface area contributed by atoms with E-state index >= 15 is 0 Å². The van der Waals surface area contributed by atoms with Crippen LogP contribution in [0.25, 0.3) is 0 Å². The van der Waals surface area contributed by atoms with Crippen LogP contribution in [-0.2, 0) is 4.74 Å². The quantitative estimate of drug-likeness (QED) is 0.749. The van der Waals surface area contributed by atoms with Crippen molar-refractivity contribution in [3.8, 4) is 11.5 Å². The highest BCUT2D eigenvalue weighted by molar-refractivity contribution is 5.46. The van der Waals surface area contributed by atoms with E-state index in [0.717, 1.165) is 17.1 Å². The van der Waals surface area contributed by atoms with Crippen LogP contribution in [-0.4, -0.2) is 27.4 Å². The van der Waals surface area contributed by atoms with E-state index in [1.165, 1.54) is 0 Å². The molecule has 16 heavy (non-hydrogen) atoms. The van der Waals surface area contributed by atoms with E-state index < -0.39 is 0 Å². The van der Waals surface area contributed by atoms with Gasteiger partial charge >= 0.3 is 0 Å². The fourth-order valence-corrected chi connectivity index (χ4v) is 1.51. The van der Waals surface area contributed by atoms with Crippen molar-refractivity contribution < 1.29 is 14.2 Å². The average molecular weight is 225 g/mol. The summed E-state index contributed by atoms with van der Waals surface area (Å²) in [7, 11) is 3.27. The van der Waals surface area contributed by atoms with Crippen LogP contribution < -0.4 is 15.2 Å². The molecule has 0 heterocycles. The van der Waals surface area contributed by atoms with E-state index in [0.29, 0.717) is 13.2 Å². The highest BCUT2D eigenvalue weighted by Gasteiger charge is 2.13. The second-order valence-corrected chi connectivity index (χ2v) is 3.50. The lowest BCUT2D eigenvalue weighted by atomic mass is 10.1. The van der Waals surface area contributed by atoms with Crippen molar-refractivity contribution in [2.75, 3.05) is 27.4 Å². The molecule has 0 bridgehead atoms. The van der Waals surface area contributed by atoms with Crippen LogP contribution in [0.3, 0.4) is 0 Å². The number of nitrogens with two attached hydrogens (primary N) is 1. The summed E-state index contributed by atoms with van der Waals surface area (Å²) < 4.78 is 15.8. The molecule has 0 aromatic heterocycles. The lowest BCUT2D eigenvalue weighted by Gasteiger charge is -2.17. The minimum absolute atomic E-state index is 0.131. The Balaban J connectivity index is 2.89. The average Bonchev–Trinajstić information content (AvgIpc) is 2.28. The Bertz CT molecular complexity index is 326. The summed E-state index contributed by atoms with van der Waals surface area (Å²) in [6, 6.07) is 5.51. The van der Waals surface area contributed by atoms with Crippen molar-refractivity contribution in [1.29, 1.82) is 0 Å². The highest BCUT2D eigenvalue weighted by Crippen LogP contribution is 2.32. The predicted molar refractivity (Wildman–Crippen MR) is 63.0 cm³/mol. The second-order valence-electron chi connectivity index (χ2n) is 3.50. The monoisotopic (exact) mass is 225 g/mol. The SMILES string of the molecule is COCCOc1cccc(OC)c1[C@H](C)N. The van der Waals surface area contributed by atoms with Gasteiger partial charge in [-0.05, 0) is 19.1 Å². The Morgan fingerprint density at radius 3 is 2.44 bits per heavy atom. The molecule has 0 spiro atoms. The minimum Gasteiger partial charge on any atom is -0.496 e. The van der Waals surface area contributed by atoms with E-state index in [4.69, 9.17) is 19.9 Å². The van der Waals surface area contributed by atoms with E-state index in [9.17, 15) is 0 Å². The Morgan fingerprint density at radius 1 is 1.19 bits per heavy atom. The molecule has 2 N–H and O–H groups in total. The maximum absolute atomic E-state index is 5.90. The summed E-state index contributed by atoms with van der Waals surface area (Å²) in [4.78, 5) is 0. The van der Waals surface area contributed by atoms with E-state index in [1.807, 2.05) is 25.1 Å². The normalized spacial score (nSPS) is 12.2. The summed E-state index contributed by atoms with van der Waals surface area (Å²) in [5.41, 5.74) is 6.79. The molecule has 0 aliphatic heterocycles. The smallest absolute Gasteiger partial charge is 0.127 e. The third-order valence-electron chi connectivity index (χ3n) is 2.25. The molecule has 1 aromatic carbocycles. The third kappa shape index (κ3) is 3.12. The highest BCUT2D eigenvalue weighted by atomic mass is 16.5. The molecule has 0 fully saturated rings. The Hall–Kier alpha value is -1.26. The number of hydrogen-bond acceptors (Lipinski definition) is 4. The summed E-state index contributed by atoms with van der Waals surface area (Å²) in [5, 5.41) is 0. The molecule has 0 amide bonds. The molecule has 0 radical (unpaired) electrons. The zero-order chi connectivity index (χ0) is 12.0. The first-order valence-corrected chi connectivity index (χ1v) is 5.25. The maximum Gasteiger partial charge on any atom is 0.127 e. The Kier molecular flexibility index (Phi) is 5.08. The van der Waals surface area contributed by atoms with Crippen molar-refractivity contribution in [2.24, 2.45) is 5.73 Å². The molecule has 1 rings (SSSR count). The Morgan fingerprint density at radius 2 is 1.88 bits per heavy atom. The number of hydrogen-bond donors (Lipinski definition) is 1. The van der Waals surface area contributed by atoms with E-state index in [2.05, 4.69) is 0 Å². The minimum atomic E-state index is -0.131. The molecule has 90 valence electrons. The molecule has 1 aromatic rings. The second kappa shape index (κ2) is 6.35. The van der Waals surface area contributed by atoms with Crippen LogP contribution in [0.2, 0.25) is 0 Å². The first-order valence-electron chi connectivity index (χ1n) is 5.25. The van der Waals surface area contributed by atoms with Crippen LogP contribution >= 0.6 is 0 Å². The number of methoxy groups -OCH3 is 2. The summed E-state index contributed by atoms with van der Waals surface area (Å²) in [6.45, 7) is 2.96. The largest absolute Gasteiger partial charge is 0.496 e. The van der Waals surface area contributed by atoms with Gasteiger partial charge in [0.25, 0.3) is 0 Å². The van der Waals surface area contributed by atoms with Gasteiger partial charge < -0.3 is 19.9 Å². The summed E-state index contributed by atoms with van der Waals surface area (Å²) >= 11 is 0. The fraction of sp³-hybridized carbons (Fsp3) is 0.500. The van der Waals surface area contributed by atoms with Gasteiger partial charge in [-0.15, -0.1) is 0 Å². The number of rotatable bonds is 6.